The number of rotatable bonds is 2. The van der Waals surface area contributed by atoms with E-state index in [4.69, 9.17) is 0 Å². The van der Waals surface area contributed by atoms with Gasteiger partial charge in [-0.25, -0.2) is 18.6 Å². The van der Waals surface area contributed by atoms with Gasteiger partial charge in [0.1, 0.15) is 17.5 Å². The predicted octanol–water partition coefficient (Wildman–Crippen LogP) is 2.78. The number of nitrogens with zero attached hydrogens (tertiary/aromatic N) is 2. The van der Waals surface area contributed by atoms with E-state index in [9.17, 15) is 13.6 Å². The maximum atomic E-state index is 13.8. The molecule has 0 fully saturated rings. The van der Waals surface area contributed by atoms with Gasteiger partial charge >= 0.3 is 5.69 Å². The molecule has 3 aromatic rings. The van der Waals surface area contributed by atoms with E-state index in [1.807, 2.05) is 0 Å². The first-order valence-electron chi connectivity index (χ1n) is 6.13. The van der Waals surface area contributed by atoms with Gasteiger partial charge in [0.2, 0.25) is 0 Å². The number of hydrogen-bond acceptors (Lipinski definition) is 3. The molecule has 0 unspecified atom stereocenters. The van der Waals surface area contributed by atoms with E-state index in [0.717, 1.165) is 0 Å². The second-order valence-corrected chi connectivity index (χ2v) is 4.29. The third-order valence-electron chi connectivity index (χ3n) is 2.89. The first-order chi connectivity index (χ1) is 10.1. The van der Waals surface area contributed by atoms with E-state index < -0.39 is 17.3 Å². The Morgan fingerprint density at radius 3 is 2.00 bits per heavy atom. The van der Waals surface area contributed by atoms with Crippen LogP contribution >= 0.6 is 0 Å². The van der Waals surface area contributed by atoms with E-state index in [2.05, 4.69) is 15.0 Å². The maximum absolute atomic E-state index is 13.8. The van der Waals surface area contributed by atoms with Gasteiger partial charge in [0.25, 0.3) is 0 Å². The van der Waals surface area contributed by atoms with Crippen LogP contribution in [0.25, 0.3) is 22.8 Å². The summed E-state index contributed by atoms with van der Waals surface area (Å²) in [5.74, 6) is -1.17. The Kier molecular flexibility index (Phi) is 3.27. The molecule has 6 heteroatoms. The fraction of sp³-hybridized carbons (Fsp3) is 0. The molecule has 0 saturated carbocycles. The number of benzene rings is 2. The van der Waals surface area contributed by atoms with Gasteiger partial charge in [-0.05, 0) is 24.3 Å². The molecule has 3 rings (SSSR count). The van der Waals surface area contributed by atoms with E-state index in [0.29, 0.717) is 0 Å². The van der Waals surface area contributed by atoms with Crippen molar-refractivity contribution in [3.05, 3.63) is 70.6 Å². The Balaban J connectivity index is 2.21. The van der Waals surface area contributed by atoms with Gasteiger partial charge in [-0.3, -0.25) is 4.98 Å². The van der Waals surface area contributed by atoms with Gasteiger partial charge in [-0.1, -0.05) is 24.3 Å². The normalized spacial score (nSPS) is 10.6. The van der Waals surface area contributed by atoms with Crippen molar-refractivity contribution in [2.45, 2.75) is 0 Å². The topological polar surface area (TPSA) is 58.6 Å². The van der Waals surface area contributed by atoms with Crippen molar-refractivity contribution in [1.82, 2.24) is 15.0 Å². The smallest absolute Gasteiger partial charge is 0.290 e. The zero-order valence-corrected chi connectivity index (χ0v) is 10.7. The summed E-state index contributed by atoms with van der Waals surface area (Å²) in [6, 6.07) is 11.7. The van der Waals surface area contributed by atoms with Crippen LogP contribution in [-0.4, -0.2) is 15.0 Å². The van der Waals surface area contributed by atoms with Crippen molar-refractivity contribution in [2.75, 3.05) is 0 Å². The largest absolute Gasteiger partial charge is 0.348 e. The highest BCUT2D eigenvalue weighted by Gasteiger charge is 2.13. The molecule has 0 bridgehead atoms. The average Bonchev–Trinajstić information content (AvgIpc) is 2.47. The Morgan fingerprint density at radius 1 is 0.810 bits per heavy atom. The minimum Gasteiger partial charge on any atom is -0.290 e. The van der Waals surface area contributed by atoms with Crippen molar-refractivity contribution in [3.8, 4) is 22.8 Å². The third kappa shape index (κ3) is 2.55. The van der Waals surface area contributed by atoms with Crippen molar-refractivity contribution in [3.63, 3.8) is 0 Å². The van der Waals surface area contributed by atoms with Gasteiger partial charge < -0.3 is 0 Å². The first-order valence-corrected chi connectivity index (χ1v) is 6.13. The Hall–Kier alpha value is -2.89. The molecule has 0 aliphatic rings. The maximum Gasteiger partial charge on any atom is 0.348 e. The monoisotopic (exact) mass is 285 g/mol. The van der Waals surface area contributed by atoms with Crippen LogP contribution in [0.2, 0.25) is 0 Å². The molecule has 1 aromatic heterocycles. The van der Waals surface area contributed by atoms with Crippen molar-refractivity contribution in [1.29, 1.82) is 0 Å². The van der Waals surface area contributed by atoms with E-state index in [1.165, 1.54) is 36.4 Å². The number of aromatic amines is 1. The number of nitrogens with one attached hydrogen (secondary N) is 1. The Morgan fingerprint density at radius 2 is 1.38 bits per heavy atom. The lowest BCUT2D eigenvalue weighted by molar-refractivity contribution is 0.628. The van der Waals surface area contributed by atoms with Gasteiger partial charge in [0, 0.05) is 0 Å². The Bertz CT molecular complexity index is 795. The second-order valence-electron chi connectivity index (χ2n) is 4.29. The standard InChI is InChI=1S/C15H9F2N3O/c16-11-7-3-1-5-9(11)13-18-14(20-15(21)19-13)10-6-2-4-8-12(10)17/h1-8H,(H,18,19,20,21). The number of H-pyrrole nitrogens is 1. The van der Waals surface area contributed by atoms with Crippen LogP contribution < -0.4 is 5.69 Å². The van der Waals surface area contributed by atoms with E-state index in [-0.39, 0.29) is 22.8 Å². The SMILES string of the molecule is O=c1nc(-c2ccccc2F)nc(-c2ccccc2F)[nH]1. The van der Waals surface area contributed by atoms with Crippen LogP contribution in [0.4, 0.5) is 8.78 Å². The molecule has 0 radical (unpaired) electrons. The molecule has 1 N–H and O–H groups in total. The quantitative estimate of drug-likeness (QED) is 0.787. The van der Waals surface area contributed by atoms with Crippen LogP contribution in [0.1, 0.15) is 0 Å². The summed E-state index contributed by atoms with van der Waals surface area (Å²) in [7, 11) is 0. The van der Waals surface area contributed by atoms with E-state index >= 15 is 0 Å². The molecule has 21 heavy (non-hydrogen) atoms. The zero-order chi connectivity index (χ0) is 14.8. The highest BCUT2D eigenvalue weighted by atomic mass is 19.1. The fourth-order valence-corrected chi connectivity index (χ4v) is 1.93. The summed E-state index contributed by atoms with van der Waals surface area (Å²) in [5.41, 5.74) is -0.516. The molecule has 0 atom stereocenters. The summed E-state index contributed by atoms with van der Waals surface area (Å²) in [5, 5.41) is 0. The van der Waals surface area contributed by atoms with Crippen LogP contribution in [0.15, 0.2) is 53.3 Å². The van der Waals surface area contributed by atoms with Crippen molar-refractivity contribution in [2.24, 2.45) is 0 Å². The number of aromatic nitrogens is 3. The van der Waals surface area contributed by atoms with Crippen molar-refractivity contribution >= 4 is 0 Å². The summed E-state index contributed by atoms with van der Waals surface area (Å²) >= 11 is 0. The lowest BCUT2D eigenvalue weighted by atomic mass is 10.2. The highest BCUT2D eigenvalue weighted by molar-refractivity contribution is 5.61. The van der Waals surface area contributed by atoms with E-state index in [1.54, 1.807) is 12.1 Å². The summed E-state index contributed by atoms with van der Waals surface area (Å²) in [4.78, 5) is 21.7. The second kappa shape index (κ2) is 5.24. The van der Waals surface area contributed by atoms with Crippen molar-refractivity contribution < 1.29 is 8.78 Å². The molecule has 1 heterocycles. The number of halogens is 2. The minimum atomic E-state index is -0.721. The molecule has 4 nitrogen and oxygen atoms in total. The molecular weight excluding hydrogens is 276 g/mol. The van der Waals surface area contributed by atoms with Gasteiger partial charge in [0.15, 0.2) is 5.82 Å². The molecule has 0 spiro atoms. The van der Waals surface area contributed by atoms with Crippen LogP contribution in [0, 0.1) is 11.6 Å². The van der Waals surface area contributed by atoms with Gasteiger partial charge in [-0.15, -0.1) is 0 Å². The molecule has 0 aliphatic heterocycles. The highest BCUT2D eigenvalue weighted by Crippen LogP contribution is 2.21. The number of hydrogen-bond donors (Lipinski definition) is 1. The van der Waals surface area contributed by atoms with Gasteiger partial charge in [0.05, 0.1) is 11.1 Å². The third-order valence-corrected chi connectivity index (χ3v) is 2.89. The van der Waals surface area contributed by atoms with Gasteiger partial charge in [-0.2, -0.15) is 4.98 Å². The lowest BCUT2D eigenvalue weighted by Crippen LogP contribution is -2.15. The molecule has 0 amide bonds. The molecule has 0 aliphatic carbocycles. The molecular formula is C15H9F2N3O. The fourth-order valence-electron chi connectivity index (χ4n) is 1.93. The lowest BCUT2D eigenvalue weighted by Gasteiger charge is -2.05. The van der Waals surface area contributed by atoms with Crippen LogP contribution in [-0.2, 0) is 0 Å². The predicted molar refractivity (Wildman–Crippen MR) is 73.4 cm³/mol. The average molecular weight is 285 g/mol. The summed E-state index contributed by atoms with van der Waals surface area (Å²) in [6.45, 7) is 0. The molecule has 104 valence electrons. The molecule has 2 aromatic carbocycles. The van der Waals surface area contributed by atoms with Crippen LogP contribution in [0.5, 0.6) is 0 Å². The summed E-state index contributed by atoms with van der Waals surface area (Å²) in [6.07, 6.45) is 0. The summed E-state index contributed by atoms with van der Waals surface area (Å²) < 4.78 is 27.5. The van der Waals surface area contributed by atoms with Crippen LogP contribution in [0.3, 0.4) is 0 Å². The minimum absolute atomic E-state index is 0.00588. The molecule has 0 saturated heterocycles. The zero-order valence-electron chi connectivity index (χ0n) is 10.7. The Labute approximate surface area is 118 Å². The first kappa shape index (κ1) is 13.1.